The maximum absolute atomic E-state index is 5.13. The van der Waals surface area contributed by atoms with Gasteiger partial charge in [-0.3, -0.25) is 4.58 Å². The Morgan fingerprint density at radius 3 is 2.79 bits per heavy atom. The standard InChI is InChI=1S/C8H18O4SSi/c1-8(9-2)7-13-5-4-6-14-12-11-10-3/h8H,4-7H2,1-3H3. The first kappa shape index (κ1) is 14.4. The third-order valence-electron chi connectivity index (χ3n) is 1.48. The fourth-order valence-electron chi connectivity index (χ4n) is 0.663. The lowest BCUT2D eigenvalue weighted by molar-refractivity contribution is -0.456. The zero-order valence-electron chi connectivity index (χ0n) is 8.95. The van der Waals surface area contributed by atoms with Crippen LogP contribution < -0.4 is 0 Å². The van der Waals surface area contributed by atoms with Crippen molar-refractivity contribution in [3.63, 3.8) is 0 Å². The monoisotopic (exact) mass is 238 g/mol. The second-order valence-corrected chi connectivity index (χ2v) is 4.79. The lowest BCUT2D eigenvalue weighted by Gasteiger charge is -2.07. The van der Waals surface area contributed by atoms with Crippen LogP contribution in [0.25, 0.3) is 0 Å². The molecule has 2 radical (unpaired) electrons. The summed E-state index contributed by atoms with van der Waals surface area (Å²) >= 11 is 1.90. The summed E-state index contributed by atoms with van der Waals surface area (Å²) in [6, 6.07) is 1.01. The van der Waals surface area contributed by atoms with Gasteiger partial charge < -0.3 is 4.74 Å². The largest absolute Gasteiger partial charge is 0.381 e. The first-order valence-corrected chi connectivity index (χ1v) is 6.78. The SMILES string of the molecule is COOO[Si]CCCSCC(C)OC. The van der Waals surface area contributed by atoms with Crippen molar-refractivity contribution in [2.45, 2.75) is 25.5 Å². The highest BCUT2D eigenvalue weighted by atomic mass is 32.2. The molecular formula is C8H18O4SSi. The summed E-state index contributed by atoms with van der Waals surface area (Å²) in [4.78, 5) is 4.28. The highest BCUT2D eigenvalue weighted by Crippen LogP contribution is 2.08. The summed E-state index contributed by atoms with van der Waals surface area (Å²) in [5.74, 6) is 2.19. The van der Waals surface area contributed by atoms with E-state index in [1.165, 1.54) is 7.11 Å². The Labute approximate surface area is 92.4 Å². The van der Waals surface area contributed by atoms with E-state index in [4.69, 9.17) is 9.31 Å². The first-order chi connectivity index (χ1) is 6.81. The Kier molecular flexibility index (Phi) is 11.8. The third kappa shape index (κ3) is 10.5. The number of hydrogen-bond donors (Lipinski definition) is 0. The molecular weight excluding hydrogens is 220 g/mol. The van der Waals surface area contributed by atoms with Crippen molar-refractivity contribution in [3.8, 4) is 0 Å². The fraction of sp³-hybridized carbons (Fsp3) is 1.00. The van der Waals surface area contributed by atoms with Crippen LogP contribution in [0.2, 0.25) is 6.04 Å². The maximum Gasteiger partial charge on any atom is 0.287 e. The molecule has 0 saturated heterocycles. The maximum atomic E-state index is 5.13. The van der Waals surface area contributed by atoms with Crippen molar-refractivity contribution in [2.24, 2.45) is 0 Å². The molecule has 0 aromatic heterocycles. The van der Waals surface area contributed by atoms with Crippen LogP contribution in [0, 0.1) is 0 Å². The number of hydrogen-bond acceptors (Lipinski definition) is 5. The van der Waals surface area contributed by atoms with Crippen molar-refractivity contribution >= 4 is 21.5 Å². The van der Waals surface area contributed by atoms with E-state index in [-0.39, 0.29) is 0 Å². The first-order valence-electron chi connectivity index (χ1n) is 4.51. The molecule has 14 heavy (non-hydrogen) atoms. The second-order valence-electron chi connectivity index (χ2n) is 2.69. The average molecular weight is 238 g/mol. The average Bonchev–Trinajstić information content (AvgIpc) is 2.21. The molecule has 0 heterocycles. The molecule has 0 aliphatic heterocycles. The molecule has 6 heteroatoms. The van der Waals surface area contributed by atoms with Crippen LogP contribution in [0.5, 0.6) is 0 Å². The summed E-state index contributed by atoms with van der Waals surface area (Å²) < 4.78 is 9.83. The van der Waals surface area contributed by atoms with Crippen LogP contribution in [-0.4, -0.2) is 41.6 Å². The summed E-state index contributed by atoms with van der Waals surface area (Å²) in [6.07, 6.45) is 1.47. The summed E-state index contributed by atoms with van der Waals surface area (Å²) in [5, 5.41) is 4.28. The van der Waals surface area contributed by atoms with E-state index >= 15 is 0 Å². The molecule has 0 spiro atoms. The normalized spacial score (nSPS) is 13.1. The molecule has 0 aromatic carbocycles. The van der Waals surface area contributed by atoms with E-state index in [9.17, 15) is 0 Å². The lowest BCUT2D eigenvalue weighted by atomic mass is 10.5. The second kappa shape index (κ2) is 11.5. The molecule has 0 fully saturated rings. The van der Waals surface area contributed by atoms with Gasteiger partial charge in [0.25, 0.3) is 9.76 Å². The van der Waals surface area contributed by atoms with Crippen LogP contribution >= 0.6 is 11.8 Å². The molecule has 0 rings (SSSR count). The van der Waals surface area contributed by atoms with Gasteiger partial charge in [-0.25, -0.2) is 4.89 Å². The summed E-state index contributed by atoms with van der Waals surface area (Å²) in [6.45, 7) is 2.07. The molecule has 1 atom stereocenters. The highest BCUT2D eigenvalue weighted by molar-refractivity contribution is 7.99. The van der Waals surface area contributed by atoms with Crippen molar-refractivity contribution in [1.82, 2.24) is 0 Å². The fourth-order valence-corrected chi connectivity index (χ4v) is 2.42. The molecule has 0 aliphatic rings. The number of ether oxygens (including phenoxy) is 1. The molecule has 0 aromatic rings. The Hall–Kier alpha value is 0.407. The Balaban J connectivity index is 2.92. The minimum Gasteiger partial charge on any atom is -0.381 e. The predicted octanol–water partition coefficient (Wildman–Crippen LogP) is 1.69. The number of thioether (sulfide) groups is 1. The van der Waals surface area contributed by atoms with E-state index in [0.29, 0.717) is 15.9 Å². The molecule has 0 amide bonds. The van der Waals surface area contributed by atoms with E-state index in [0.717, 1.165) is 24.0 Å². The summed E-state index contributed by atoms with van der Waals surface area (Å²) in [5.41, 5.74) is 0. The van der Waals surface area contributed by atoms with Gasteiger partial charge in [-0.15, -0.1) is 0 Å². The zero-order chi connectivity index (χ0) is 10.6. The molecule has 0 N–H and O–H groups in total. The van der Waals surface area contributed by atoms with E-state index in [1.54, 1.807) is 7.11 Å². The van der Waals surface area contributed by atoms with Gasteiger partial charge in [-0.05, 0) is 25.1 Å². The minimum absolute atomic E-state index is 0.343. The van der Waals surface area contributed by atoms with Gasteiger partial charge in [0.15, 0.2) is 0 Å². The van der Waals surface area contributed by atoms with Gasteiger partial charge in [0.1, 0.15) is 0 Å². The molecule has 1 unspecified atom stereocenters. The van der Waals surface area contributed by atoms with Crippen LogP contribution in [0.3, 0.4) is 0 Å². The van der Waals surface area contributed by atoms with Crippen LogP contribution in [0.4, 0.5) is 0 Å². The molecule has 0 aliphatic carbocycles. The van der Waals surface area contributed by atoms with E-state index in [1.807, 2.05) is 11.8 Å². The zero-order valence-corrected chi connectivity index (χ0v) is 10.8. The van der Waals surface area contributed by atoms with Crippen molar-refractivity contribution in [3.05, 3.63) is 0 Å². The number of rotatable bonds is 10. The van der Waals surface area contributed by atoms with Gasteiger partial charge in [0.2, 0.25) is 0 Å². The topological polar surface area (TPSA) is 36.9 Å². The molecule has 0 saturated carbocycles. The Morgan fingerprint density at radius 2 is 2.14 bits per heavy atom. The highest BCUT2D eigenvalue weighted by Gasteiger charge is 1.99. The predicted molar refractivity (Wildman–Crippen MR) is 58.2 cm³/mol. The Bertz CT molecular complexity index is 118. The van der Waals surface area contributed by atoms with E-state index in [2.05, 4.69) is 16.8 Å². The van der Waals surface area contributed by atoms with Gasteiger partial charge in [-0.1, -0.05) is 5.04 Å². The summed E-state index contributed by atoms with van der Waals surface area (Å²) in [7, 11) is 3.51. The smallest absolute Gasteiger partial charge is 0.287 e. The molecule has 4 nitrogen and oxygen atoms in total. The van der Waals surface area contributed by atoms with Gasteiger partial charge >= 0.3 is 0 Å². The van der Waals surface area contributed by atoms with Crippen LogP contribution in [-0.2, 0) is 19.2 Å². The van der Waals surface area contributed by atoms with E-state index < -0.39 is 0 Å². The number of methoxy groups -OCH3 is 1. The van der Waals surface area contributed by atoms with Crippen molar-refractivity contribution in [1.29, 1.82) is 0 Å². The minimum atomic E-state index is 0.343. The van der Waals surface area contributed by atoms with Gasteiger partial charge in [0.05, 0.1) is 13.2 Å². The molecule has 0 bridgehead atoms. The Morgan fingerprint density at radius 1 is 1.36 bits per heavy atom. The van der Waals surface area contributed by atoms with Gasteiger partial charge in [0, 0.05) is 12.9 Å². The third-order valence-corrected chi connectivity index (χ3v) is 3.51. The lowest BCUT2D eigenvalue weighted by Crippen LogP contribution is -2.08. The van der Waals surface area contributed by atoms with Gasteiger partial charge in [-0.2, -0.15) is 11.8 Å². The van der Waals surface area contributed by atoms with Crippen LogP contribution in [0.15, 0.2) is 0 Å². The quantitative estimate of drug-likeness (QED) is 0.250. The van der Waals surface area contributed by atoms with Crippen molar-refractivity contribution in [2.75, 3.05) is 25.7 Å². The van der Waals surface area contributed by atoms with Crippen LogP contribution in [0.1, 0.15) is 13.3 Å². The molecule has 84 valence electrons. The van der Waals surface area contributed by atoms with Crippen molar-refractivity contribution < 1.29 is 19.2 Å².